The first kappa shape index (κ1) is 58.8. The van der Waals surface area contributed by atoms with Gasteiger partial charge in [0.15, 0.2) is 6.10 Å². The number of hydrogen-bond donors (Lipinski definition) is 0. The van der Waals surface area contributed by atoms with Crippen molar-refractivity contribution in [3.8, 4) is 0 Å². The standard InChI is InChI=1S/C57H90O6/c1-4-7-10-13-16-19-21-23-25-27-28-30-31-33-35-38-41-44-47-50-56(59)62-53-54(52-61-55(58)49-46-43-40-37-18-15-12-9-6-3)63-57(60)51-48-45-42-39-36-34-32-29-26-24-22-20-17-14-11-8-5-2/h7,9-10,12,16,18-19,23-26,28,30,33,35,37,41,43-44,46,54H,4-6,8,11,13-15,17,20-22,27,29,31-32,34,36,38-40,42,45,47-53H2,1-3H3/b10-7-,12-9-,19-16-,25-23-,26-24-,30-28-,35-33-,37-18-,44-41-,46-43-. The van der Waals surface area contributed by atoms with E-state index in [9.17, 15) is 14.4 Å². The number of carbonyl (C=O) groups is 3. The largest absolute Gasteiger partial charge is 0.462 e. The van der Waals surface area contributed by atoms with Crippen LogP contribution in [0.15, 0.2) is 122 Å². The van der Waals surface area contributed by atoms with Crippen LogP contribution < -0.4 is 0 Å². The van der Waals surface area contributed by atoms with Crippen molar-refractivity contribution in [3.63, 3.8) is 0 Å². The molecule has 0 aliphatic heterocycles. The van der Waals surface area contributed by atoms with Crippen LogP contribution in [0.3, 0.4) is 0 Å². The molecular weight excluding hydrogens is 781 g/mol. The minimum absolute atomic E-state index is 0.117. The number of hydrogen-bond acceptors (Lipinski definition) is 6. The number of allylic oxidation sites excluding steroid dienone is 19. The van der Waals surface area contributed by atoms with Crippen molar-refractivity contribution < 1.29 is 28.6 Å². The Morgan fingerprint density at radius 1 is 0.349 bits per heavy atom. The van der Waals surface area contributed by atoms with Gasteiger partial charge in [0.2, 0.25) is 0 Å². The first-order chi connectivity index (χ1) is 31.0. The van der Waals surface area contributed by atoms with Gasteiger partial charge in [-0.25, -0.2) is 0 Å². The highest BCUT2D eigenvalue weighted by Crippen LogP contribution is 2.13. The summed E-state index contributed by atoms with van der Waals surface area (Å²) in [5.74, 6) is -1.17. The molecule has 0 fully saturated rings. The predicted molar refractivity (Wildman–Crippen MR) is 269 cm³/mol. The monoisotopic (exact) mass is 871 g/mol. The van der Waals surface area contributed by atoms with E-state index in [0.29, 0.717) is 6.42 Å². The highest BCUT2D eigenvalue weighted by atomic mass is 16.6. The van der Waals surface area contributed by atoms with Gasteiger partial charge >= 0.3 is 17.9 Å². The molecule has 0 spiro atoms. The smallest absolute Gasteiger partial charge is 0.309 e. The lowest BCUT2D eigenvalue weighted by atomic mass is 10.1. The van der Waals surface area contributed by atoms with Crippen molar-refractivity contribution in [1.29, 1.82) is 0 Å². The van der Waals surface area contributed by atoms with Gasteiger partial charge < -0.3 is 14.2 Å². The molecule has 0 aromatic carbocycles. The second-order valence-electron chi connectivity index (χ2n) is 16.0. The summed E-state index contributed by atoms with van der Waals surface area (Å²) < 4.78 is 16.6. The molecule has 63 heavy (non-hydrogen) atoms. The first-order valence-corrected chi connectivity index (χ1v) is 25.0. The SMILES string of the molecule is CC/C=C\C/C=C\C/C=C\C/C=C\C/C=C\C/C=C\CCC(=O)OCC(COC(=O)C/C=C\C/C=C\C/C=C\CC)OC(=O)CCCCCCCCC/C=C\CCCCCCCC. The van der Waals surface area contributed by atoms with E-state index in [4.69, 9.17) is 14.2 Å². The highest BCUT2D eigenvalue weighted by Gasteiger charge is 2.19. The zero-order valence-corrected chi connectivity index (χ0v) is 40.3. The first-order valence-electron chi connectivity index (χ1n) is 25.0. The number of rotatable bonds is 43. The van der Waals surface area contributed by atoms with E-state index in [1.54, 1.807) is 6.08 Å². The van der Waals surface area contributed by atoms with Crippen LogP contribution in [-0.4, -0.2) is 37.2 Å². The lowest BCUT2D eigenvalue weighted by molar-refractivity contribution is -0.166. The van der Waals surface area contributed by atoms with Crippen molar-refractivity contribution in [2.75, 3.05) is 13.2 Å². The van der Waals surface area contributed by atoms with Crippen molar-refractivity contribution in [3.05, 3.63) is 122 Å². The predicted octanol–water partition coefficient (Wildman–Crippen LogP) is 16.5. The molecule has 1 atom stereocenters. The Kier molecular flexibility index (Phi) is 47.1. The number of unbranched alkanes of at least 4 members (excludes halogenated alkanes) is 13. The van der Waals surface area contributed by atoms with Crippen LogP contribution >= 0.6 is 0 Å². The number of carbonyl (C=O) groups excluding carboxylic acids is 3. The van der Waals surface area contributed by atoms with Crippen molar-refractivity contribution in [2.45, 2.75) is 207 Å². The molecule has 6 nitrogen and oxygen atoms in total. The molecule has 0 N–H and O–H groups in total. The summed E-state index contributed by atoms with van der Waals surface area (Å²) in [6, 6.07) is 0. The lowest BCUT2D eigenvalue weighted by Crippen LogP contribution is -2.30. The minimum atomic E-state index is -0.848. The number of esters is 3. The van der Waals surface area contributed by atoms with E-state index in [0.717, 1.165) is 77.0 Å². The van der Waals surface area contributed by atoms with Crippen LogP contribution in [0.5, 0.6) is 0 Å². The summed E-state index contributed by atoms with van der Waals surface area (Å²) in [4.78, 5) is 37.8. The third kappa shape index (κ3) is 48.7. The zero-order valence-electron chi connectivity index (χ0n) is 40.3. The summed E-state index contributed by atoms with van der Waals surface area (Å²) in [5.41, 5.74) is 0. The van der Waals surface area contributed by atoms with E-state index in [1.807, 2.05) is 18.2 Å². The summed E-state index contributed by atoms with van der Waals surface area (Å²) in [6.07, 6.45) is 69.5. The lowest BCUT2D eigenvalue weighted by Gasteiger charge is -2.18. The maximum absolute atomic E-state index is 12.8. The maximum atomic E-state index is 12.8. The fraction of sp³-hybridized carbons (Fsp3) is 0.596. The van der Waals surface area contributed by atoms with Crippen LogP contribution in [0.2, 0.25) is 0 Å². The Hall–Kier alpha value is -4.19. The van der Waals surface area contributed by atoms with E-state index in [2.05, 4.69) is 118 Å². The molecular formula is C57H90O6. The molecule has 0 saturated heterocycles. The molecule has 1 unspecified atom stereocenters. The molecule has 6 heteroatoms. The van der Waals surface area contributed by atoms with Gasteiger partial charge in [0.25, 0.3) is 0 Å². The Balaban J connectivity index is 4.52. The van der Waals surface area contributed by atoms with Crippen molar-refractivity contribution in [1.82, 2.24) is 0 Å². The van der Waals surface area contributed by atoms with Gasteiger partial charge in [-0.05, 0) is 96.3 Å². The van der Waals surface area contributed by atoms with E-state index in [-0.39, 0.29) is 44.4 Å². The molecule has 354 valence electrons. The Bertz CT molecular complexity index is 1370. The van der Waals surface area contributed by atoms with E-state index in [1.165, 1.54) is 77.0 Å². The fourth-order valence-corrected chi connectivity index (χ4v) is 6.29. The Morgan fingerprint density at radius 2 is 0.714 bits per heavy atom. The Labute approximate surface area is 386 Å². The molecule has 0 heterocycles. The van der Waals surface area contributed by atoms with Gasteiger partial charge in [-0.2, -0.15) is 0 Å². The molecule has 0 aliphatic carbocycles. The summed E-state index contributed by atoms with van der Waals surface area (Å²) >= 11 is 0. The average molecular weight is 871 g/mol. The number of ether oxygens (including phenoxy) is 3. The molecule has 0 saturated carbocycles. The van der Waals surface area contributed by atoms with Crippen LogP contribution in [-0.2, 0) is 28.6 Å². The van der Waals surface area contributed by atoms with Crippen molar-refractivity contribution >= 4 is 17.9 Å². The third-order valence-corrected chi connectivity index (χ3v) is 9.98. The molecule has 0 aromatic rings. The summed E-state index contributed by atoms with van der Waals surface area (Å²) in [7, 11) is 0. The zero-order chi connectivity index (χ0) is 45.8. The molecule has 0 amide bonds. The van der Waals surface area contributed by atoms with E-state index < -0.39 is 12.1 Å². The molecule has 0 radical (unpaired) electrons. The third-order valence-electron chi connectivity index (χ3n) is 9.98. The van der Waals surface area contributed by atoms with Gasteiger partial charge in [-0.15, -0.1) is 0 Å². The average Bonchev–Trinajstić information content (AvgIpc) is 3.28. The summed E-state index contributed by atoms with van der Waals surface area (Å²) in [5, 5.41) is 0. The second-order valence-corrected chi connectivity index (χ2v) is 16.0. The fourth-order valence-electron chi connectivity index (χ4n) is 6.29. The summed E-state index contributed by atoms with van der Waals surface area (Å²) in [6.45, 7) is 6.21. The molecule has 0 rings (SSSR count). The minimum Gasteiger partial charge on any atom is -0.462 e. The second kappa shape index (κ2) is 50.5. The molecule has 0 bridgehead atoms. The van der Waals surface area contributed by atoms with Gasteiger partial charge in [0.05, 0.1) is 6.42 Å². The van der Waals surface area contributed by atoms with Gasteiger partial charge in [-0.3, -0.25) is 14.4 Å². The van der Waals surface area contributed by atoms with Gasteiger partial charge in [-0.1, -0.05) is 206 Å². The highest BCUT2D eigenvalue weighted by molar-refractivity contribution is 5.72. The quantitative estimate of drug-likeness (QED) is 0.0263. The topological polar surface area (TPSA) is 78.9 Å². The normalized spacial score (nSPS) is 13.1. The van der Waals surface area contributed by atoms with Crippen LogP contribution in [0, 0.1) is 0 Å². The van der Waals surface area contributed by atoms with Gasteiger partial charge in [0.1, 0.15) is 13.2 Å². The maximum Gasteiger partial charge on any atom is 0.309 e. The van der Waals surface area contributed by atoms with Crippen LogP contribution in [0.1, 0.15) is 201 Å². The van der Waals surface area contributed by atoms with E-state index >= 15 is 0 Å². The van der Waals surface area contributed by atoms with Crippen molar-refractivity contribution in [2.24, 2.45) is 0 Å². The van der Waals surface area contributed by atoms with Gasteiger partial charge in [0, 0.05) is 12.8 Å². The van der Waals surface area contributed by atoms with Crippen LogP contribution in [0.25, 0.3) is 0 Å². The Morgan fingerprint density at radius 3 is 1.17 bits per heavy atom. The molecule has 0 aromatic heterocycles. The van der Waals surface area contributed by atoms with Crippen LogP contribution in [0.4, 0.5) is 0 Å². The molecule has 0 aliphatic rings.